The lowest BCUT2D eigenvalue weighted by atomic mass is 10.1. The third-order valence-electron chi connectivity index (χ3n) is 3.44. The molecule has 6 heteroatoms. The second kappa shape index (κ2) is 7.67. The van der Waals surface area contributed by atoms with Crippen molar-refractivity contribution in [2.24, 2.45) is 0 Å². The van der Waals surface area contributed by atoms with Gasteiger partial charge in [0.1, 0.15) is 11.5 Å². The van der Waals surface area contributed by atoms with Gasteiger partial charge in [-0.1, -0.05) is 52.5 Å². The smallest absolute Gasteiger partial charge is 0.187 e. The van der Waals surface area contributed by atoms with Gasteiger partial charge in [0.2, 0.25) is 0 Å². The number of carbonyl (C=O) groups excluding carboxylic acids is 1. The summed E-state index contributed by atoms with van der Waals surface area (Å²) < 4.78 is 5.70. The summed E-state index contributed by atoms with van der Waals surface area (Å²) in [4.78, 5) is 12.2. The average molecular weight is 412 g/mol. The van der Waals surface area contributed by atoms with Gasteiger partial charge in [-0.2, -0.15) is 0 Å². The molecule has 25 heavy (non-hydrogen) atoms. The summed E-state index contributed by atoms with van der Waals surface area (Å²) in [6, 6.07) is 13.5. The van der Waals surface area contributed by atoms with Crippen LogP contribution in [0.25, 0.3) is 17.4 Å². The Kier molecular flexibility index (Phi) is 5.55. The van der Waals surface area contributed by atoms with Gasteiger partial charge >= 0.3 is 0 Å². The zero-order valence-electron chi connectivity index (χ0n) is 12.6. The molecule has 0 fully saturated rings. The van der Waals surface area contributed by atoms with Crippen molar-refractivity contribution in [3.8, 4) is 11.3 Å². The van der Waals surface area contributed by atoms with Crippen LogP contribution in [-0.4, -0.2) is 5.78 Å². The second-order valence-corrected chi connectivity index (χ2v) is 6.75. The molecule has 1 heterocycles. The zero-order chi connectivity index (χ0) is 18.0. The highest BCUT2D eigenvalue weighted by Crippen LogP contribution is 2.34. The Balaban J connectivity index is 1.82. The standard InChI is InChI=1S/C19H10Cl4O2/c20-11-4-7-13(16(22)10-11)17(24)8-5-12-6-9-18(25-12)14-2-1-3-15(21)19(14)23/h1-10H. The summed E-state index contributed by atoms with van der Waals surface area (Å²) in [5, 5.41) is 1.63. The van der Waals surface area contributed by atoms with Crippen molar-refractivity contribution < 1.29 is 9.21 Å². The molecule has 0 unspecified atom stereocenters. The number of benzene rings is 2. The molecular formula is C19H10Cl4O2. The van der Waals surface area contributed by atoms with E-state index >= 15 is 0 Å². The predicted molar refractivity (Wildman–Crippen MR) is 104 cm³/mol. The van der Waals surface area contributed by atoms with Crippen LogP contribution in [0.5, 0.6) is 0 Å². The van der Waals surface area contributed by atoms with Crippen molar-refractivity contribution >= 4 is 58.3 Å². The summed E-state index contributed by atoms with van der Waals surface area (Å²) in [6.45, 7) is 0. The first-order valence-corrected chi connectivity index (χ1v) is 8.68. The molecule has 1 aromatic heterocycles. The fourth-order valence-electron chi connectivity index (χ4n) is 2.22. The molecule has 126 valence electrons. The summed E-state index contributed by atoms with van der Waals surface area (Å²) >= 11 is 24.1. The van der Waals surface area contributed by atoms with Crippen molar-refractivity contribution in [1.82, 2.24) is 0 Å². The SMILES string of the molecule is O=C(C=Cc1ccc(-c2cccc(Cl)c2Cl)o1)c1ccc(Cl)cc1Cl. The van der Waals surface area contributed by atoms with Crippen LogP contribution in [0.4, 0.5) is 0 Å². The highest BCUT2D eigenvalue weighted by atomic mass is 35.5. The first-order chi connectivity index (χ1) is 12.0. The predicted octanol–water partition coefficient (Wildman–Crippen LogP) is 7.46. The van der Waals surface area contributed by atoms with Crippen molar-refractivity contribution in [3.63, 3.8) is 0 Å². The van der Waals surface area contributed by atoms with Crippen molar-refractivity contribution in [3.05, 3.63) is 86.0 Å². The van der Waals surface area contributed by atoms with Crippen LogP contribution in [0.1, 0.15) is 16.1 Å². The first kappa shape index (κ1) is 18.1. The molecule has 0 spiro atoms. The third-order valence-corrected chi connectivity index (χ3v) is 4.81. The van der Waals surface area contributed by atoms with Crippen molar-refractivity contribution in [2.45, 2.75) is 0 Å². The van der Waals surface area contributed by atoms with Crippen LogP contribution in [-0.2, 0) is 0 Å². The molecule has 0 saturated heterocycles. The molecule has 0 aliphatic rings. The minimum atomic E-state index is -0.250. The number of hydrogen-bond acceptors (Lipinski definition) is 2. The summed E-state index contributed by atoms with van der Waals surface area (Å²) in [5.74, 6) is 0.814. The van der Waals surface area contributed by atoms with E-state index in [4.69, 9.17) is 50.8 Å². The van der Waals surface area contributed by atoms with E-state index in [0.717, 1.165) is 0 Å². The van der Waals surface area contributed by atoms with Gasteiger partial charge in [-0.25, -0.2) is 0 Å². The zero-order valence-corrected chi connectivity index (χ0v) is 15.6. The lowest BCUT2D eigenvalue weighted by molar-refractivity contribution is 0.104. The van der Waals surface area contributed by atoms with Crippen molar-refractivity contribution in [1.29, 1.82) is 0 Å². The van der Waals surface area contributed by atoms with Gasteiger partial charge in [0.25, 0.3) is 0 Å². The van der Waals surface area contributed by atoms with E-state index in [9.17, 15) is 4.79 Å². The molecule has 0 bridgehead atoms. The van der Waals surface area contributed by atoms with E-state index < -0.39 is 0 Å². The highest BCUT2D eigenvalue weighted by molar-refractivity contribution is 6.43. The van der Waals surface area contributed by atoms with Gasteiger partial charge in [-0.15, -0.1) is 0 Å². The van der Waals surface area contributed by atoms with Crippen molar-refractivity contribution in [2.75, 3.05) is 0 Å². The monoisotopic (exact) mass is 410 g/mol. The topological polar surface area (TPSA) is 30.2 Å². The Morgan fingerprint density at radius 2 is 1.72 bits per heavy atom. The Morgan fingerprint density at radius 1 is 0.920 bits per heavy atom. The Morgan fingerprint density at radius 3 is 2.48 bits per heavy atom. The maximum atomic E-state index is 12.2. The molecule has 0 saturated carbocycles. The summed E-state index contributed by atoms with van der Waals surface area (Å²) in [7, 11) is 0. The number of halogens is 4. The van der Waals surface area contributed by atoms with Crippen LogP contribution in [0.15, 0.2) is 59.0 Å². The minimum Gasteiger partial charge on any atom is -0.457 e. The van der Waals surface area contributed by atoms with Gasteiger partial charge in [0, 0.05) is 16.1 Å². The lowest BCUT2D eigenvalue weighted by Crippen LogP contribution is -1.94. The van der Waals surface area contributed by atoms with E-state index in [2.05, 4.69) is 0 Å². The van der Waals surface area contributed by atoms with Crippen LogP contribution in [0, 0.1) is 0 Å². The fraction of sp³-hybridized carbons (Fsp3) is 0. The maximum absolute atomic E-state index is 12.2. The molecule has 0 aliphatic heterocycles. The Labute approximate surface area is 164 Å². The molecule has 0 aliphatic carbocycles. The maximum Gasteiger partial charge on any atom is 0.187 e. The van der Waals surface area contributed by atoms with Gasteiger partial charge in [0.05, 0.1) is 15.1 Å². The fourth-order valence-corrected chi connectivity index (χ4v) is 3.11. The van der Waals surface area contributed by atoms with E-state index in [1.54, 1.807) is 48.5 Å². The molecule has 0 atom stereocenters. The highest BCUT2D eigenvalue weighted by Gasteiger charge is 2.11. The molecule has 3 rings (SSSR count). The molecular weight excluding hydrogens is 402 g/mol. The third kappa shape index (κ3) is 4.10. The molecule has 0 amide bonds. The quantitative estimate of drug-likeness (QED) is 0.329. The second-order valence-electron chi connectivity index (χ2n) is 5.13. The molecule has 0 radical (unpaired) electrons. The van der Waals surface area contributed by atoms with Crippen LogP contribution < -0.4 is 0 Å². The molecule has 2 nitrogen and oxygen atoms in total. The van der Waals surface area contributed by atoms with Gasteiger partial charge in [-0.3, -0.25) is 4.79 Å². The number of allylic oxidation sites excluding steroid dienone is 1. The van der Waals surface area contributed by atoms with E-state index in [0.29, 0.717) is 42.7 Å². The largest absolute Gasteiger partial charge is 0.457 e. The van der Waals surface area contributed by atoms with Crippen LogP contribution in [0.3, 0.4) is 0 Å². The van der Waals surface area contributed by atoms with E-state index in [1.165, 1.54) is 12.1 Å². The Hall–Kier alpha value is -1.71. The van der Waals surface area contributed by atoms with Gasteiger partial charge < -0.3 is 4.42 Å². The average Bonchev–Trinajstić information content (AvgIpc) is 3.04. The molecule has 3 aromatic rings. The number of furan rings is 1. The van der Waals surface area contributed by atoms with Crippen LogP contribution >= 0.6 is 46.4 Å². The lowest BCUT2D eigenvalue weighted by Gasteiger charge is -2.02. The number of ketones is 1. The minimum absolute atomic E-state index is 0.250. The molecule has 0 N–H and O–H groups in total. The number of carbonyl (C=O) groups is 1. The molecule has 2 aromatic carbocycles. The van der Waals surface area contributed by atoms with E-state index in [1.807, 2.05) is 0 Å². The normalized spacial score (nSPS) is 11.2. The van der Waals surface area contributed by atoms with Gasteiger partial charge in [-0.05, 0) is 54.6 Å². The van der Waals surface area contributed by atoms with E-state index in [-0.39, 0.29) is 5.78 Å². The van der Waals surface area contributed by atoms with Crippen LogP contribution in [0.2, 0.25) is 20.1 Å². The van der Waals surface area contributed by atoms with Gasteiger partial charge in [0.15, 0.2) is 5.78 Å². The number of hydrogen-bond donors (Lipinski definition) is 0. The summed E-state index contributed by atoms with van der Waals surface area (Å²) in [5.41, 5.74) is 1.05. The number of rotatable bonds is 4. The summed E-state index contributed by atoms with van der Waals surface area (Å²) in [6.07, 6.45) is 2.95. The first-order valence-electron chi connectivity index (χ1n) is 7.17. The Bertz CT molecular complexity index is 973.